The van der Waals surface area contributed by atoms with E-state index in [1.807, 2.05) is 6.92 Å². The molecule has 0 aliphatic rings. The smallest absolute Gasteiger partial charge is 0.209 e. The van der Waals surface area contributed by atoms with Gasteiger partial charge in [-0.25, -0.2) is 0 Å². The molecule has 13 heavy (non-hydrogen) atoms. The summed E-state index contributed by atoms with van der Waals surface area (Å²) in [6, 6.07) is 0. The highest BCUT2D eigenvalue weighted by atomic mass is 35.5. The topological polar surface area (TPSA) is 72.3 Å². The summed E-state index contributed by atoms with van der Waals surface area (Å²) in [6.07, 6.45) is 1.62. The molecule has 0 spiro atoms. The third kappa shape index (κ3) is 1.29. The fourth-order valence-corrected chi connectivity index (χ4v) is 1.31. The Labute approximate surface area is 78.9 Å². The van der Waals surface area contributed by atoms with E-state index in [0.717, 1.165) is 6.54 Å². The number of hydrogen-bond acceptors (Lipinski definition) is 4. The molecular weight excluding hydrogens is 192 g/mol. The van der Waals surface area contributed by atoms with E-state index < -0.39 is 0 Å². The number of nitrogens with one attached hydrogen (secondary N) is 1. The van der Waals surface area contributed by atoms with E-state index in [9.17, 15) is 0 Å². The molecule has 2 heterocycles. The van der Waals surface area contributed by atoms with Crippen LogP contribution in [0.3, 0.4) is 0 Å². The van der Waals surface area contributed by atoms with Crippen molar-refractivity contribution in [3.63, 3.8) is 0 Å². The number of aromatic nitrogens is 6. The van der Waals surface area contributed by atoms with Crippen LogP contribution in [0.5, 0.6) is 0 Å². The standard InChI is InChI=1S/C6H7ClN6/c1-2-13-5(7)4(3-8-13)6-9-11-12-10-6/h3H,2H2,1H3,(H,9,10,11,12). The maximum atomic E-state index is 5.99. The maximum absolute atomic E-state index is 5.99. The van der Waals surface area contributed by atoms with E-state index in [1.165, 1.54) is 0 Å². The average molecular weight is 199 g/mol. The Morgan fingerprint density at radius 3 is 3.00 bits per heavy atom. The van der Waals surface area contributed by atoms with Gasteiger partial charge in [0.15, 0.2) is 0 Å². The van der Waals surface area contributed by atoms with E-state index in [2.05, 4.69) is 25.7 Å². The quantitative estimate of drug-likeness (QED) is 0.773. The fourth-order valence-electron chi connectivity index (χ4n) is 1.02. The van der Waals surface area contributed by atoms with Crippen LogP contribution in [-0.4, -0.2) is 30.4 Å². The van der Waals surface area contributed by atoms with E-state index >= 15 is 0 Å². The summed E-state index contributed by atoms with van der Waals surface area (Å²) in [5.41, 5.74) is 0.692. The summed E-state index contributed by atoms with van der Waals surface area (Å²) >= 11 is 5.99. The molecule has 0 aliphatic heterocycles. The molecule has 0 atom stereocenters. The summed E-state index contributed by atoms with van der Waals surface area (Å²) in [6.45, 7) is 2.68. The monoisotopic (exact) mass is 198 g/mol. The molecule has 68 valence electrons. The van der Waals surface area contributed by atoms with E-state index in [4.69, 9.17) is 11.6 Å². The van der Waals surface area contributed by atoms with Crippen LogP contribution in [0.2, 0.25) is 5.15 Å². The van der Waals surface area contributed by atoms with Crippen molar-refractivity contribution in [2.75, 3.05) is 0 Å². The van der Waals surface area contributed by atoms with Crippen molar-refractivity contribution in [3.8, 4) is 11.4 Å². The van der Waals surface area contributed by atoms with Gasteiger partial charge in [-0.3, -0.25) is 4.68 Å². The van der Waals surface area contributed by atoms with Crippen molar-refractivity contribution in [2.45, 2.75) is 13.5 Å². The highest BCUT2D eigenvalue weighted by molar-refractivity contribution is 6.32. The van der Waals surface area contributed by atoms with Crippen LogP contribution < -0.4 is 0 Å². The molecule has 0 bridgehead atoms. The number of nitrogens with zero attached hydrogens (tertiary/aromatic N) is 5. The number of hydrogen-bond donors (Lipinski definition) is 1. The summed E-state index contributed by atoms with van der Waals surface area (Å²) in [7, 11) is 0. The van der Waals surface area contributed by atoms with Gasteiger partial charge in [0.05, 0.1) is 11.8 Å². The Balaban J connectivity index is 2.48. The third-order valence-corrected chi connectivity index (χ3v) is 2.06. The molecule has 6 nitrogen and oxygen atoms in total. The van der Waals surface area contributed by atoms with Gasteiger partial charge in [-0.05, 0) is 12.1 Å². The molecule has 0 fully saturated rings. The number of aromatic amines is 1. The number of aryl methyl sites for hydroxylation is 1. The average Bonchev–Trinajstić information content (AvgIpc) is 2.72. The lowest BCUT2D eigenvalue weighted by Gasteiger charge is -1.95. The lowest BCUT2D eigenvalue weighted by atomic mass is 10.3. The lowest BCUT2D eigenvalue weighted by molar-refractivity contribution is 0.661. The summed E-state index contributed by atoms with van der Waals surface area (Å²) in [5.74, 6) is 0.463. The zero-order valence-corrected chi connectivity index (χ0v) is 7.65. The lowest BCUT2D eigenvalue weighted by Crippen LogP contribution is -1.95. The first-order valence-electron chi connectivity index (χ1n) is 3.78. The predicted molar refractivity (Wildman–Crippen MR) is 46.1 cm³/mol. The largest absolute Gasteiger partial charge is 0.254 e. The molecule has 0 radical (unpaired) electrons. The minimum absolute atomic E-state index is 0.463. The van der Waals surface area contributed by atoms with Crippen molar-refractivity contribution < 1.29 is 0 Å². The Morgan fingerprint density at radius 1 is 1.62 bits per heavy atom. The molecule has 0 aromatic carbocycles. The molecule has 2 aromatic rings. The normalized spacial score (nSPS) is 10.6. The highest BCUT2D eigenvalue weighted by Gasteiger charge is 2.12. The van der Waals surface area contributed by atoms with Gasteiger partial charge in [0.1, 0.15) is 5.15 Å². The number of rotatable bonds is 2. The summed E-state index contributed by atoms with van der Waals surface area (Å²) < 4.78 is 1.66. The van der Waals surface area contributed by atoms with E-state index in [1.54, 1.807) is 10.9 Å². The summed E-state index contributed by atoms with van der Waals surface area (Å²) in [4.78, 5) is 0. The molecule has 0 aliphatic carbocycles. The van der Waals surface area contributed by atoms with Crippen LogP contribution in [0.25, 0.3) is 11.4 Å². The molecule has 7 heteroatoms. The second-order valence-electron chi connectivity index (χ2n) is 2.40. The zero-order valence-electron chi connectivity index (χ0n) is 6.90. The molecule has 0 unspecified atom stereocenters. The first-order valence-corrected chi connectivity index (χ1v) is 4.16. The number of tetrazole rings is 1. The van der Waals surface area contributed by atoms with Crippen LogP contribution in [0.4, 0.5) is 0 Å². The van der Waals surface area contributed by atoms with Crippen LogP contribution in [0, 0.1) is 0 Å². The van der Waals surface area contributed by atoms with Crippen LogP contribution in [0.1, 0.15) is 6.92 Å². The Kier molecular flexibility index (Phi) is 1.97. The Morgan fingerprint density at radius 2 is 2.46 bits per heavy atom. The predicted octanol–water partition coefficient (Wildman–Crippen LogP) is 0.736. The van der Waals surface area contributed by atoms with Crippen molar-refractivity contribution >= 4 is 11.6 Å². The van der Waals surface area contributed by atoms with Crippen LogP contribution >= 0.6 is 11.6 Å². The minimum Gasteiger partial charge on any atom is -0.254 e. The van der Waals surface area contributed by atoms with Crippen molar-refractivity contribution in [1.82, 2.24) is 30.4 Å². The van der Waals surface area contributed by atoms with Crippen molar-refractivity contribution in [3.05, 3.63) is 11.3 Å². The van der Waals surface area contributed by atoms with Crippen LogP contribution in [0.15, 0.2) is 6.20 Å². The Hall–Kier alpha value is -1.43. The van der Waals surface area contributed by atoms with Gasteiger partial charge in [0.25, 0.3) is 0 Å². The van der Waals surface area contributed by atoms with Gasteiger partial charge < -0.3 is 0 Å². The molecule has 1 N–H and O–H groups in total. The second kappa shape index (κ2) is 3.14. The molecule has 2 rings (SSSR count). The van der Waals surface area contributed by atoms with Crippen molar-refractivity contribution in [1.29, 1.82) is 0 Å². The van der Waals surface area contributed by atoms with Crippen LogP contribution in [-0.2, 0) is 6.54 Å². The second-order valence-corrected chi connectivity index (χ2v) is 2.76. The van der Waals surface area contributed by atoms with E-state index in [-0.39, 0.29) is 0 Å². The van der Waals surface area contributed by atoms with Gasteiger partial charge in [-0.2, -0.15) is 10.3 Å². The first kappa shape index (κ1) is 8.18. The number of H-pyrrole nitrogens is 1. The zero-order chi connectivity index (χ0) is 9.26. The van der Waals surface area contributed by atoms with Gasteiger partial charge in [-0.1, -0.05) is 11.6 Å². The highest BCUT2D eigenvalue weighted by Crippen LogP contribution is 2.23. The third-order valence-electron chi connectivity index (χ3n) is 1.66. The minimum atomic E-state index is 0.463. The maximum Gasteiger partial charge on any atom is 0.209 e. The van der Waals surface area contributed by atoms with E-state index in [0.29, 0.717) is 16.5 Å². The molecular formula is C6H7ClN6. The van der Waals surface area contributed by atoms with Crippen molar-refractivity contribution in [2.24, 2.45) is 0 Å². The number of halogens is 1. The molecule has 0 saturated carbocycles. The molecule has 0 saturated heterocycles. The fraction of sp³-hybridized carbons (Fsp3) is 0.333. The van der Waals surface area contributed by atoms with Gasteiger partial charge in [0.2, 0.25) is 5.82 Å². The molecule has 0 amide bonds. The van der Waals surface area contributed by atoms with Gasteiger partial charge in [-0.15, -0.1) is 10.2 Å². The molecule has 2 aromatic heterocycles. The van der Waals surface area contributed by atoms with Gasteiger partial charge >= 0.3 is 0 Å². The van der Waals surface area contributed by atoms with Gasteiger partial charge in [0, 0.05) is 6.54 Å². The Bertz CT molecular complexity index is 391. The SMILES string of the molecule is CCn1ncc(-c2nn[nH]n2)c1Cl. The summed E-state index contributed by atoms with van der Waals surface area (Å²) in [5, 5.41) is 18.0. The first-order chi connectivity index (χ1) is 6.33.